The molecule has 0 spiro atoms. The van der Waals surface area contributed by atoms with Crippen LogP contribution in [0, 0.1) is 0 Å². The van der Waals surface area contributed by atoms with Crippen LogP contribution in [0.2, 0.25) is 0 Å². The molecule has 0 saturated heterocycles. The molecule has 0 radical (unpaired) electrons. The Morgan fingerprint density at radius 1 is 1.73 bits per heavy atom. The number of hydrogen-bond donors (Lipinski definition) is 0. The maximum atomic E-state index is 12.0. The largest absolute Gasteiger partial charge is 0.293 e. The molecule has 1 aromatic heterocycles. The molecule has 0 saturated carbocycles. The van der Waals surface area contributed by atoms with Crippen LogP contribution in [0.15, 0.2) is 18.3 Å². The van der Waals surface area contributed by atoms with Crippen molar-refractivity contribution >= 4 is 5.78 Å². The maximum absolute atomic E-state index is 12.0. The summed E-state index contributed by atoms with van der Waals surface area (Å²) in [5, 5.41) is 0. The molecule has 1 aromatic rings. The van der Waals surface area contributed by atoms with Crippen molar-refractivity contribution in [1.82, 2.24) is 4.98 Å². The number of hydrogen-bond acceptors (Lipinski definition) is 2. The smallest absolute Gasteiger partial charge is 0.178 e. The molecule has 1 heterocycles. The highest BCUT2D eigenvalue weighted by molar-refractivity contribution is 5.92. The molecule has 0 fully saturated rings. The van der Waals surface area contributed by atoms with Gasteiger partial charge in [-0.15, -0.1) is 0 Å². The molecular formula is C8H8FNO. The van der Waals surface area contributed by atoms with Crippen molar-refractivity contribution in [3.8, 4) is 0 Å². The summed E-state index contributed by atoms with van der Waals surface area (Å²) < 4.78 is 12.0. The van der Waals surface area contributed by atoms with Crippen LogP contribution in [0.25, 0.3) is 0 Å². The number of pyridine rings is 1. The summed E-state index contributed by atoms with van der Waals surface area (Å²) in [6.07, 6.45) is 1.44. The average Bonchev–Trinajstić information content (AvgIpc) is 2.05. The van der Waals surface area contributed by atoms with Gasteiger partial charge in [-0.25, -0.2) is 4.39 Å². The third-order valence-corrected chi connectivity index (χ3v) is 1.34. The first-order valence-electron chi connectivity index (χ1n) is 3.26. The van der Waals surface area contributed by atoms with Gasteiger partial charge in [-0.05, 0) is 17.7 Å². The fraction of sp³-hybridized carbons (Fsp3) is 0.250. The van der Waals surface area contributed by atoms with E-state index in [0.29, 0.717) is 11.3 Å². The summed E-state index contributed by atoms with van der Waals surface area (Å²) in [7, 11) is 0. The van der Waals surface area contributed by atoms with E-state index in [1.807, 2.05) is 0 Å². The van der Waals surface area contributed by atoms with Crippen LogP contribution in [0.4, 0.5) is 4.39 Å². The van der Waals surface area contributed by atoms with E-state index in [2.05, 4.69) is 4.98 Å². The van der Waals surface area contributed by atoms with Crippen LogP contribution in [0.1, 0.15) is 23.0 Å². The van der Waals surface area contributed by atoms with Crippen LogP contribution in [-0.4, -0.2) is 10.8 Å². The van der Waals surface area contributed by atoms with Crippen LogP contribution in [-0.2, 0) is 6.67 Å². The van der Waals surface area contributed by atoms with E-state index in [1.54, 1.807) is 6.07 Å². The standard InChI is InChI=1S/C8H8FNO/c1-6(11)8-4-7(5-9)2-3-10-8/h2-4H,5H2,1H3. The van der Waals surface area contributed by atoms with Crippen molar-refractivity contribution < 1.29 is 9.18 Å². The highest BCUT2D eigenvalue weighted by atomic mass is 19.1. The fourth-order valence-electron chi connectivity index (χ4n) is 0.750. The molecule has 0 amide bonds. The molecule has 0 aliphatic carbocycles. The predicted molar refractivity (Wildman–Crippen MR) is 39.1 cm³/mol. The van der Waals surface area contributed by atoms with Crippen LogP contribution in [0.5, 0.6) is 0 Å². The Bertz CT molecular complexity index is 273. The Balaban J connectivity index is 3.01. The Hall–Kier alpha value is -1.25. The molecule has 0 N–H and O–H groups in total. The second-order valence-corrected chi connectivity index (χ2v) is 2.24. The highest BCUT2D eigenvalue weighted by Crippen LogP contribution is 2.03. The summed E-state index contributed by atoms with van der Waals surface area (Å²) >= 11 is 0. The van der Waals surface area contributed by atoms with Crippen molar-refractivity contribution in [2.75, 3.05) is 0 Å². The van der Waals surface area contributed by atoms with E-state index in [4.69, 9.17) is 0 Å². The van der Waals surface area contributed by atoms with Crippen LogP contribution >= 0.6 is 0 Å². The first-order chi connectivity index (χ1) is 5.24. The molecule has 0 bridgehead atoms. The van der Waals surface area contributed by atoms with E-state index in [0.717, 1.165) is 0 Å². The van der Waals surface area contributed by atoms with Gasteiger partial charge in [0.2, 0.25) is 0 Å². The number of aromatic nitrogens is 1. The lowest BCUT2D eigenvalue weighted by atomic mass is 10.2. The zero-order chi connectivity index (χ0) is 8.27. The monoisotopic (exact) mass is 153 g/mol. The summed E-state index contributed by atoms with van der Waals surface area (Å²) in [4.78, 5) is 14.5. The van der Waals surface area contributed by atoms with Gasteiger partial charge in [0.25, 0.3) is 0 Å². The SMILES string of the molecule is CC(=O)c1cc(CF)ccn1. The Morgan fingerprint density at radius 2 is 2.45 bits per heavy atom. The number of carbonyl (C=O) groups is 1. The predicted octanol–water partition coefficient (Wildman–Crippen LogP) is 1.75. The van der Waals surface area contributed by atoms with Gasteiger partial charge in [0, 0.05) is 13.1 Å². The molecule has 0 aliphatic heterocycles. The van der Waals surface area contributed by atoms with E-state index in [1.165, 1.54) is 19.2 Å². The molecule has 0 aliphatic rings. The Kier molecular flexibility index (Phi) is 2.31. The summed E-state index contributed by atoms with van der Waals surface area (Å²) in [6, 6.07) is 3.01. The maximum Gasteiger partial charge on any atom is 0.178 e. The van der Waals surface area contributed by atoms with Gasteiger partial charge < -0.3 is 0 Å². The molecule has 0 aromatic carbocycles. The molecule has 0 unspecified atom stereocenters. The number of alkyl halides is 1. The minimum Gasteiger partial charge on any atom is -0.293 e. The second-order valence-electron chi connectivity index (χ2n) is 2.24. The molecule has 0 atom stereocenters. The van der Waals surface area contributed by atoms with Crippen LogP contribution < -0.4 is 0 Å². The Labute approximate surface area is 64.1 Å². The minimum atomic E-state index is -0.553. The third kappa shape index (κ3) is 1.83. The zero-order valence-electron chi connectivity index (χ0n) is 6.17. The number of ketones is 1. The third-order valence-electron chi connectivity index (χ3n) is 1.34. The molecule has 2 nitrogen and oxygen atoms in total. The normalized spacial score (nSPS) is 9.64. The first-order valence-corrected chi connectivity index (χ1v) is 3.26. The minimum absolute atomic E-state index is 0.139. The van der Waals surface area contributed by atoms with Gasteiger partial charge >= 0.3 is 0 Å². The van der Waals surface area contributed by atoms with Crippen molar-refractivity contribution in [1.29, 1.82) is 0 Å². The second kappa shape index (κ2) is 3.23. The van der Waals surface area contributed by atoms with Crippen molar-refractivity contribution in [2.45, 2.75) is 13.6 Å². The van der Waals surface area contributed by atoms with Gasteiger partial charge in [0.15, 0.2) is 5.78 Å². The first kappa shape index (κ1) is 7.85. The van der Waals surface area contributed by atoms with E-state index in [9.17, 15) is 9.18 Å². The van der Waals surface area contributed by atoms with Gasteiger partial charge in [-0.1, -0.05) is 0 Å². The molecule has 3 heteroatoms. The van der Waals surface area contributed by atoms with Gasteiger partial charge in [-0.3, -0.25) is 9.78 Å². The Morgan fingerprint density at radius 3 is 3.00 bits per heavy atom. The highest BCUT2D eigenvalue weighted by Gasteiger charge is 2.00. The molecule has 11 heavy (non-hydrogen) atoms. The van der Waals surface area contributed by atoms with Gasteiger partial charge in [0.1, 0.15) is 12.4 Å². The summed E-state index contributed by atoms with van der Waals surface area (Å²) in [6.45, 7) is 0.854. The van der Waals surface area contributed by atoms with Crippen LogP contribution in [0.3, 0.4) is 0 Å². The van der Waals surface area contributed by atoms with Crippen molar-refractivity contribution in [3.63, 3.8) is 0 Å². The quantitative estimate of drug-likeness (QED) is 0.606. The zero-order valence-corrected chi connectivity index (χ0v) is 6.17. The van der Waals surface area contributed by atoms with E-state index in [-0.39, 0.29) is 5.78 Å². The summed E-state index contributed by atoms with van der Waals surface area (Å²) in [5.74, 6) is -0.139. The number of rotatable bonds is 2. The number of halogens is 1. The lowest BCUT2D eigenvalue weighted by Gasteiger charge is -1.95. The summed E-state index contributed by atoms with van der Waals surface area (Å²) in [5.41, 5.74) is 0.811. The van der Waals surface area contributed by atoms with Gasteiger partial charge in [0.05, 0.1) is 0 Å². The van der Waals surface area contributed by atoms with Gasteiger partial charge in [-0.2, -0.15) is 0 Å². The fourth-order valence-corrected chi connectivity index (χ4v) is 0.750. The molecule has 58 valence electrons. The average molecular weight is 153 g/mol. The topological polar surface area (TPSA) is 30.0 Å². The lowest BCUT2D eigenvalue weighted by Crippen LogP contribution is -1.96. The van der Waals surface area contributed by atoms with Crippen molar-refractivity contribution in [3.05, 3.63) is 29.6 Å². The molecule has 1 rings (SSSR count). The lowest BCUT2D eigenvalue weighted by molar-refractivity contribution is 0.101. The van der Waals surface area contributed by atoms with Crippen molar-refractivity contribution in [2.24, 2.45) is 0 Å². The number of carbonyl (C=O) groups excluding carboxylic acids is 1. The molecular weight excluding hydrogens is 145 g/mol. The van der Waals surface area contributed by atoms with E-state index >= 15 is 0 Å². The van der Waals surface area contributed by atoms with E-state index < -0.39 is 6.67 Å². The number of nitrogens with zero attached hydrogens (tertiary/aromatic N) is 1. The number of Topliss-reactive ketones (excluding diaryl/α,β-unsaturated/α-hetero) is 1.